The zero-order valence-electron chi connectivity index (χ0n) is 9.54. The van der Waals surface area contributed by atoms with Crippen molar-refractivity contribution in [2.45, 2.75) is 44.8 Å². The SMILES string of the molecule is CC#C[C@H]1OC(C)(C)O[C@H]1[C@@H](CO)N=[N+]=[N-]. The van der Waals surface area contributed by atoms with Gasteiger partial charge in [0.1, 0.15) is 12.2 Å². The summed E-state index contributed by atoms with van der Waals surface area (Å²) in [7, 11) is 0. The summed E-state index contributed by atoms with van der Waals surface area (Å²) in [6.07, 6.45) is -1.02. The molecule has 6 nitrogen and oxygen atoms in total. The quantitative estimate of drug-likeness (QED) is 0.339. The van der Waals surface area contributed by atoms with Gasteiger partial charge in [-0.05, 0) is 26.3 Å². The zero-order chi connectivity index (χ0) is 12.2. The molecule has 0 bridgehead atoms. The Balaban J connectivity index is 2.90. The lowest BCUT2D eigenvalue weighted by molar-refractivity contribution is -0.145. The smallest absolute Gasteiger partial charge is 0.165 e. The molecule has 1 aliphatic heterocycles. The second kappa shape index (κ2) is 5.19. The molecule has 0 unspecified atom stereocenters. The molecule has 1 N–H and O–H groups in total. The van der Waals surface area contributed by atoms with Gasteiger partial charge in [-0.3, -0.25) is 0 Å². The van der Waals surface area contributed by atoms with Gasteiger partial charge >= 0.3 is 0 Å². The summed E-state index contributed by atoms with van der Waals surface area (Å²) < 4.78 is 11.1. The van der Waals surface area contributed by atoms with E-state index in [1.807, 2.05) is 0 Å². The Bertz CT molecular complexity index is 352. The van der Waals surface area contributed by atoms with Gasteiger partial charge in [-0.2, -0.15) is 0 Å². The molecule has 1 heterocycles. The minimum absolute atomic E-state index is 0.296. The van der Waals surface area contributed by atoms with Crippen molar-refractivity contribution in [1.82, 2.24) is 0 Å². The number of rotatable bonds is 3. The van der Waals surface area contributed by atoms with Gasteiger partial charge < -0.3 is 14.6 Å². The predicted molar refractivity (Wildman–Crippen MR) is 57.3 cm³/mol. The lowest BCUT2D eigenvalue weighted by Crippen LogP contribution is -2.35. The van der Waals surface area contributed by atoms with Gasteiger partial charge in [0, 0.05) is 4.91 Å². The number of nitrogens with zero attached hydrogens (tertiary/aromatic N) is 3. The Morgan fingerprint density at radius 1 is 1.56 bits per heavy atom. The number of hydrogen-bond acceptors (Lipinski definition) is 4. The first-order valence-corrected chi connectivity index (χ1v) is 4.97. The molecule has 0 aliphatic carbocycles. The number of ether oxygens (including phenoxy) is 2. The normalized spacial score (nSPS) is 28.8. The summed E-state index contributed by atoms with van der Waals surface area (Å²) >= 11 is 0. The third kappa shape index (κ3) is 2.87. The van der Waals surface area contributed by atoms with Crippen molar-refractivity contribution in [3.05, 3.63) is 10.4 Å². The number of aliphatic hydroxyl groups is 1. The number of hydrogen-bond donors (Lipinski definition) is 1. The van der Waals surface area contributed by atoms with E-state index >= 15 is 0 Å². The van der Waals surface area contributed by atoms with Crippen molar-refractivity contribution in [3.63, 3.8) is 0 Å². The molecule has 0 saturated carbocycles. The third-order valence-corrected chi connectivity index (χ3v) is 2.18. The van der Waals surface area contributed by atoms with E-state index in [4.69, 9.17) is 20.1 Å². The Kier molecular flexibility index (Phi) is 4.16. The molecule has 0 aromatic carbocycles. The summed E-state index contributed by atoms with van der Waals surface area (Å²) in [6, 6.07) is -0.683. The molecule has 1 aliphatic rings. The summed E-state index contributed by atoms with van der Waals surface area (Å²) in [5.41, 5.74) is 8.39. The van der Waals surface area contributed by atoms with E-state index in [1.165, 1.54) is 0 Å². The predicted octanol–water partition coefficient (Wildman–Crippen LogP) is 1.20. The monoisotopic (exact) mass is 225 g/mol. The third-order valence-electron chi connectivity index (χ3n) is 2.18. The highest BCUT2D eigenvalue weighted by atomic mass is 16.8. The fraction of sp³-hybridized carbons (Fsp3) is 0.800. The van der Waals surface area contributed by atoms with Crippen LogP contribution in [-0.4, -0.2) is 35.8 Å². The van der Waals surface area contributed by atoms with Crippen molar-refractivity contribution in [2.24, 2.45) is 5.11 Å². The highest BCUT2D eigenvalue weighted by molar-refractivity contribution is 5.10. The molecule has 0 aromatic heterocycles. The van der Waals surface area contributed by atoms with E-state index in [9.17, 15) is 0 Å². The van der Waals surface area contributed by atoms with E-state index in [0.717, 1.165) is 0 Å². The minimum atomic E-state index is -0.780. The van der Waals surface area contributed by atoms with Crippen LogP contribution in [-0.2, 0) is 9.47 Å². The Morgan fingerprint density at radius 2 is 2.25 bits per heavy atom. The van der Waals surface area contributed by atoms with Crippen LogP contribution in [0.15, 0.2) is 5.11 Å². The Morgan fingerprint density at radius 3 is 2.75 bits per heavy atom. The maximum absolute atomic E-state index is 9.13. The number of aliphatic hydroxyl groups excluding tert-OH is 1. The van der Waals surface area contributed by atoms with Crippen LogP contribution in [0.5, 0.6) is 0 Å². The van der Waals surface area contributed by atoms with Crippen LogP contribution in [0.4, 0.5) is 0 Å². The van der Waals surface area contributed by atoms with Gasteiger partial charge in [0.05, 0.1) is 12.6 Å². The average molecular weight is 225 g/mol. The summed E-state index contributed by atoms with van der Waals surface area (Å²) in [5.74, 6) is 4.78. The molecule has 88 valence electrons. The maximum atomic E-state index is 9.13. The van der Waals surface area contributed by atoms with Crippen molar-refractivity contribution >= 4 is 0 Å². The molecule has 1 rings (SSSR count). The first-order chi connectivity index (χ1) is 7.54. The van der Waals surface area contributed by atoms with E-state index in [0.29, 0.717) is 0 Å². The second-order valence-electron chi connectivity index (χ2n) is 3.87. The molecule has 6 heteroatoms. The first-order valence-electron chi connectivity index (χ1n) is 4.97. The topological polar surface area (TPSA) is 87.5 Å². The van der Waals surface area contributed by atoms with Crippen LogP contribution < -0.4 is 0 Å². The van der Waals surface area contributed by atoms with Gasteiger partial charge in [0.25, 0.3) is 0 Å². The summed E-state index contributed by atoms with van der Waals surface area (Å²) in [6.45, 7) is 4.90. The van der Waals surface area contributed by atoms with E-state index < -0.39 is 24.0 Å². The molecule has 1 saturated heterocycles. The van der Waals surface area contributed by atoms with Crippen LogP contribution in [0, 0.1) is 11.8 Å². The lowest BCUT2D eigenvalue weighted by atomic mass is 10.1. The fourth-order valence-electron chi connectivity index (χ4n) is 1.60. The van der Waals surface area contributed by atoms with E-state index in [2.05, 4.69) is 21.9 Å². The minimum Gasteiger partial charge on any atom is -0.396 e. The largest absolute Gasteiger partial charge is 0.396 e. The molecule has 16 heavy (non-hydrogen) atoms. The summed E-state index contributed by atoms with van der Waals surface area (Å²) in [4.78, 5) is 2.68. The van der Waals surface area contributed by atoms with Crippen molar-refractivity contribution in [2.75, 3.05) is 6.61 Å². The van der Waals surface area contributed by atoms with Crippen LogP contribution in [0.25, 0.3) is 10.4 Å². The van der Waals surface area contributed by atoms with E-state index in [-0.39, 0.29) is 6.61 Å². The molecule has 0 aromatic rings. The Labute approximate surface area is 94.2 Å². The molecule has 0 spiro atoms. The molecule has 0 amide bonds. The lowest BCUT2D eigenvalue weighted by Gasteiger charge is -2.19. The van der Waals surface area contributed by atoms with Gasteiger partial charge in [-0.1, -0.05) is 11.0 Å². The van der Waals surface area contributed by atoms with Crippen LogP contribution in [0.3, 0.4) is 0 Å². The highest BCUT2D eigenvalue weighted by Crippen LogP contribution is 2.30. The van der Waals surface area contributed by atoms with Crippen LogP contribution in [0.1, 0.15) is 20.8 Å². The average Bonchev–Trinajstić information content (AvgIpc) is 2.51. The van der Waals surface area contributed by atoms with Crippen molar-refractivity contribution in [1.29, 1.82) is 0 Å². The molecule has 3 atom stereocenters. The number of azide groups is 1. The standard InChI is InChI=1S/C10H15N3O3/c1-4-5-8-9(7(6-14)12-13-11)16-10(2,3)15-8/h7-9,14H,6H2,1-3H3/t7-,8-,9+/m1/s1. The van der Waals surface area contributed by atoms with Gasteiger partial charge in [-0.15, -0.1) is 5.92 Å². The summed E-state index contributed by atoms with van der Waals surface area (Å²) in [5, 5.41) is 12.6. The fourth-order valence-corrected chi connectivity index (χ4v) is 1.60. The van der Waals surface area contributed by atoms with Gasteiger partial charge in [0.15, 0.2) is 5.79 Å². The van der Waals surface area contributed by atoms with Crippen LogP contribution >= 0.6 is 0 Å². The zero-order valence-corrected chi connectivity index (χ0v) is 9.54. The second-order valence-corrected chi connectivity index (χ2v) is 3.87. The van der Waals surface area contributed by atoms with E-state index in [1.54, 1.807) is 20.8 Å². The maximum Gasteiger partial charge on any atom is 0.165 e. The van der Waals surface area contributed by atoms with Crippen LogP contribution in [0.2, 0.25) is 0 Å². The van der Waals surface area contributed by atoms with Crippen molar-refractivity contribution in [3.8, 4) is 11.8 Å². The van der Waals surface area contributed by atoms with Gasteiger partial charge in [-0.25, -0.2) is 0 Å². The molecule has 0 radical (unpaired) electrons. The highest BCUT2D eigenvalue weighted by Gasteiger charge is 2.44. The first kappa shape index (κ1) is 12.8. The van der Waals surface area contributed by atoms with Gasteiger partial charge in [0.2, 0.25) is 0 Å². The molecule has 1 fully saturated rings. The Hall–Kier alpha value is -1.25. The molecular weight excluding hydrogens is 210 g/mol. The molecular formula is C10H15N3O3. The van der Waals surface area contributed by atoms with Crippen molar-refractivity contribution < 1.29 is 14.6 Å².